The molecule has 0 aromatic carbocycles. The number of carbonyl (C=O) groups excluding carboxylic acids is 2. The molecule has 25 heavy (non-hydrogen) atoms. The van der Waals surface area contributed by atoms with Crippen LogP contribution in [0.3, 0.4) is 0 Å². The highest BCUT2D eigenvalue weighted by Crippen LogP contribution is 2.15. The molecule has 0 atom stereocenters. The Labute approximate surface area is 149 Å². The van der Waals surface area contributed by atoms with Crippen LogP contribution in [-0.4, -0.2) is 56.0 Å². The zero-order valence-corrected chi connectivity index (χ0v) is 16.4. The molecule has 0 aliphatic heterocycles. The van der Waals surface area contributed by atoms with E-state index >= 15 is 0 Å². The van der Waals surface area contributed by atoms with Crippen molar-refractivity contribution < 1.29 is 22.7 Å². The Balaban J connectivity index is 2.67. The maximum Gasteiger partial charge on any atom is 0.306 e. The van der Waals surface area contributed by atoms with Crippen LogP contribution < -0.4 is 4.72 Å². The van der Waals surface area contributed by atoms with Crippen molar-refractivity contribution in [3.63, 3.8) is 0 Å². The first kappa shape index (κ1) is 21.2. The SMILES string of the molecule is CNS(=O)(=O)c1cc(C(=O)N(C)CCCC(=O)OC(C)(C)C)n(C)c1. The molecule has 8 nitrogen and oxygen atoms in total. The summed E-state index contributed by atoms with van der Waals surface area (Å²) >= 11 is 0. The van der Waals surface area contributed by atoms with Crippen molar-refractivity contribution in [2.45, 2.75) is 44.1 Å². The number of aryl methyl sites for hydroxylation is 1. The molecule has 0 radical (unpaired) electrons. The molecule has 0 spiro atoms. The minimum Gasteiger partial charge on any atom is -0.460 e. The van der Waals surface area contributed by atoms with Gasteiger partial charge in [0.25, 0.3) is 5.91 Å². The monoisotopic (exact) mass is 373 g/mol. The average molecular weight is 373 g/mol. The molecular weight excluding hydrogens is 346 g/mol. The summed E-state index contributed by atoms with van der Waals surface area (Å²) < 4.78 is 32.5. The minimum absolute atomic E-state index is 0.0306. The second kappa shape index (κ2) is 8.01. The molecule has 0 unspecified atom stereocenters. The van der Waals surface area contributed by atoms with E-state index in [-0.39, 0.29) is 28.9 Å². The van der Waals surface area contributed by atoms with Crippen LogP contribution in [0.2, 0.25) is 0 Å². The van der Waals surface area contributed by atoms with Gasteiger partial charge < -0.3 is 14.2 Å². The van der Waals surface area contributed by atoms with E-state index in [4.69, 9.17) is 4.74 Å². The van der Waals surface area contributed by atoms with Gasteiger partial charge >= 0.3 is 5.97 Å². The first-order valence-electron chi connectivity index (χ1n) is 7.94. The first-order chi connectivity index (χ1) is 11.4. The fourth-order valence-electron chi connectivity index (χ4n) is 2.16. The number of nitrogens with one attached hydrogen (secondary N) is 1. The second-order valence-electron chi connectivity index (χ2n) is 6.80. The molecule has 1 aromatic rings. The number of aromatic nitrogens is 1. The zero-order valence-electron chi connectivity index (χ0n) is 15.6. The summed E-state index contributed by atoms with van der Waals surface area (Å²) in [5.74, 6) is -0.626. The van der Waals surface area contributed by atoms with E-state index in [0.29, 0.717) is 13.0 Å². The van der Waals surface area contributed by atoms with Gasteiger partial charge in [-0.2, -0.15) is 0 Å². The highest BCUT2D eigenvalue weighted by molar-refractivity contribution is 7.89. The molecule has 0 saturated heterocycles. The molecule has 142 valence electrons. The van der Waals surface area contributed by atoms with Gasteiger partial charge in [-0.05, 0) is 40.3 Å². The van der Waals surface area contributed by atoms with Crippen LogP contribution in [0.25, 0.3) is 0 Å². The molecule has 1 amide bonds. The Morgan fingerprint density at radius 3 is 2.44 bits per heavy atom. The summed E-state index contributed by atoms with van der Waals surface area (Å²) in [4.78, 5) is 25.6. The van der Waals surface area contributed by atoms with Crippen LogP contribution in [0.1, 0.15) is 44.1 Å². The molecule has 1 N–H and O–H groups in total. The Bertz CT molecular complexity index is 731. The largest absolute Gasteiger partial charge is 0.460 e. The zero-order chi connectivity index (χ0) is 19.4. The number of carbonyl (C=O) groups is 2. The van der Waals surface area contributed by atoms with E-state index in [0.717, 1.165) is 0 Å². The normalized spacial score (nSPS) is 12.1. The van der Waals surface area contributed by atoms with E-state index in [9.17, 15) is 18.0 Å². The van der Waals surface area contributed by atoms with Gasteiger partial charge in [0.15, 0.2) is 0 Å². The average Bonchev–Trinajstić information content (AvgIpc) is 2.87. The van der Waals surface area contributed by atoms with E-state index in [1.165, 1.54) is 28.8 Å². The van der Waals surface area contributed by atoms with Gasteiger partial charge in [0.1, 0.15) is 16.2 Å². The van der Waals surface area contributed by atoms with E-state index in [1.54, 1.807) is 34.9 Å². The number of nitrogens with zero attached hydrogens (tertiary/aromatic N) is 2. The lowest BCUT2D eigenvalue weighted by Gasteiger charge is -2.20. The number of rotatable bonds is 7. The highest BCUT2D eigenvalue weighted by atomic mass is 32.2. The summed E-state index contributed by atoms with van der Waals surface area (Å²) in [6.07, 6.45) is 2.05. The number of ether oxygens (including phenoxy) is 1. The smallest absolute Gasteiger partial charge is 0.306 e. The lowest BCUT2D eigenvalue weighted by molar-refractivity contribution is -0.154. The molecule has 0 saturated carbocycles. The standard InChI is InChI=1S/C16H27N3O5S/c1-16(2,3)24-14(20)8-7-9-18(5)15(21)13-10-12(11-19(13)6)25(22,23)17-4/h10-11,17H,7-9H2,1-6H3. The van der Waals surface area contributed by atoms with Gasteiger partial charge in [-0.15, -0.1) is 0 Å². The van der Waals surface area contributed by atoms with E-state index in [2.05, 4.69) is 4.72 Å². The van der Waals surface area contributed by atoms with Gasteiger partial charge in [0, 0.05) is 33.3 Å². The maximum absolute atomic E-state index is 12.5. The number of hydrogen-bond acceptors (Lipinski definition) is 5. The van der Waals surface area contributed by atoms with Gasteiger partial charge in [-0.25, -0.2) is 13.1 Å². The number of esters is 1. The van der Waals surface area contributed by atoms with E-state index in [1.807, 2.05) is 0 Å². The molecule has 0 fully saturated rings. The number of hydrogen-bond donors (Lipinski definition) is 1. The number of amides is 1. The fraction of sp³-hybridized carbons (Fsp3) is 0.625. The van der Waals surface area contributed by atoms with Crippen molar-refractivity contribution in [2.75, 3.05) is 20.6 Å². The molecule has 0 aliphatic rings. The summed E-state index contributed by atoms with van der Waals surface area (Å²) in [7, 11) is 0.920. The third kappa shape index (κ3) is 6.17. The number of sulfonamides is 1. The summed E-state index contributed by atoms with van der Waals surface area (Å²) in [6.45, 7) is 5.75. The summed E-state index contributed by atoms with van der Waals surface area (Å²) in [5, 5.41) is 0. The molecule has 0 aliphatic carbocycles. The van der Waals surface area contributed by atoms with Crippen LogP contribution in [0.5, 0.6) is 0 Å². The fourth-order valence-corrected chi connectivity index (χ4v) is 2.96. The predicted octanol–water partition coefficient (Wildman–Crippen LogP) is 1.13. The van der Waals surface area contributed by atoms with Gasteiger partial charge in [-0.1, -0.05) is 0 Å². The van der Waals surface area contributed by atoms with Crippen molar-refractivity contribution in [3.8, 4) is 0 Å². The van der Waals surface area contributed by atoms with Gasteiger partial charge in [0.2, 0.25) is 10.0 Å². The summed E-state index contributed by atoms with van der Waals surface area (Å²) in [6, 6.07) is 1.33. The highest BCUT2D eigenvalue weighted by Gasteiger charge is 2.22. The third-order valence-corrected chi connectivity index (χ3v) is 4.80. The lowest BCUT2D eigenvalue weighted by atomic mass is 10.2. The van der Waals surface area contributed by atoms with Crippen LogP contribution in [0.4, 0.5) is 0 Å². The van der Waals surface area contributed by atoms with Crippen molar-refractivity contribution in [1.29, 1.82) is 0 Å². The second-order valence-corrected chi connectivity index (χ2v) is 8.68. The van der Waals surface area contributed by atoms with Crippen molar-refractivity contribution in [3.05, 3.63) is 18.0 Å². The van der Waals surface area contributed by atoms with Gasteiger partial charge in [-0.3, -0.25) is 9.59 Å². The Morgan fingerprint density at radius 1 is 1.32 bits per heavy atom. The minimum atomic E-state index is -3.61. The van der Waals surface area contributed by atoms with E-state index < -0.39 is 15.6 Å². The first-order valence-corrected chi connectivity index (χ1v) is 9.43. The third-order valence-electron chi connectivity index (χ3n) is 3.42. The van der Waals surface area contributed by atoms with Crippen LogP contribution >= 0.6 is 0 Å². The maximum atomic E-state index is 12.5. The van der Waals surface area contributed by atoms with Crippen LogP contribution in [-0.2, 0) is 26.6 Å². The Hall–Kier alpha value is -1.87. The van der Waals surface area contributed by atoms with Crippen LogP contribution in [0, 0.1) is 0 Å². The van der Waals surface area contributed by atoms with Crippen molar-refractivity contribution >= 4 is 21.9 Å². The molecule has 1 rings (SSSR count). The molecule has 1 aromatic heterocycles. The molecular formula is C16H27N3O5S. The Kier molecular flexibility index (Phi) is 6.78. The summed E-state index contributed by atoms with van der Waals surface area (Å²) in [5.41, 5.74) is -0.273. The van der Waals surface area contributed by atoms with Crippen molar-refractivity contribution in [2.24, 2.45) is 7.05 Å². The topological polar surface area (TPSA) is 97.7 Å². The van der Waals surface area contributed by atoms with Crippen molar-refractivity contribution in [1.82, 2.24) is 14.2 Å². The molecule has 9 heteroatoms. The quantitative estimate of drug-likeness (QED) is 0.723. The predicted molar refractivity (Wildman–Crippen MR) is 93.7 cm³/mol. The van der Waals surface area contributed by atoms with Crippen LogP contribution in [0.15, 0.2) is 17.2 Å². The van der Waals surface area contributed by atoms with Gasteiger partial charge in [0.05, 0.1) is 0 Å². The molecule has 1 heterocycles. The Morgan fingerprint density at radius 2 is 1.92 bits per heavy atom. The molecule has 0 bridgehead atoms. The lowest BCUT2D eigenvalue weighted by Crippen LogP contribution is -2.30.